The average molecular weight is 197 g/mol. The number of nitrogens with two attached hydrogens (primary N) is 1. The first-order chi connectivity index (χ1) is 6.55. The molecule has 0 spiro atoms. The highest BCUT2D eigenvalue weighted by atomic mass is 16.5. The van der Waals surface area contributed by atoms with Crippen LogP contribution in [0.3, 0.4) is 0 Å². The topological polar surface area (TPSA) is 53.1 Å². The Hall–Kier alpha value is -0.870. The van der Waals surface area contributed by atoms with Crippen LogP contribution in [-0.2, 0) is 11.8 Å². The predicted octanol–water partition coefficient (Wildman–Crippen LogP) is 1.24. The van der Waals surface area contributed by atoms with Gasteiger partial charge in [0, 0.05) is 20.4 Å². The van der Waals surface area contributed by atoms with Gasteiger partial charge in [-0.25, -0.2) is 0 Å². The Kier molecular flexibility index (Phi) is 3.29. The monoisotopic (exact) mass is 197 g/mol. The summed E-state index contributed by atoms with van der Waals surface area (Å²) >= 11 is 0. The van der Waals surface area contributed by atoms with Gasteiger partial charge < -0.3 is 10.5 Å². The van der Waals surface area contributed by atoms with Crippen LogP contribution in [0, 0.1) is 0 Å². The molecule has 0 aliphatic rings. The minimum absolute atomic E-state index is 0.148. The van der Waals surface area contributed by atoms with E-state index in [-0.39, 0.29) is 11.6 Å². The Morgan fingerprint density at radius 2 is 2.36 bits per heavy atom. The number of hydrogen-bond acceptors (Lipinski definition) is 3. The second kappa shape index (κ2) is 4.11. The standard InChI is InChI=1S/C10H19N3O/c1-5-10(2,14-4)9(11)8-6-7-12-13(8)3/h6-7,9H,5,11H2,1-4H3. The van der Waals surface area contributed by atoms with Gasteiger partial charge in [0.15, 0.2) is 0 Å². The van der Waals surface area contributed by atoms with Crippen LogP contribution in [-0.4, -0.2) is 22.5 Å². The Bertz CT molecular complexity index is 291. The maximum Gasteiger partial charge on any atom is 0.0855 e. The molecule has 0 aliphatic carbocycles. The summed E-state index contributed by atoms with van der Waals surface area (Å²) in [6, 6.07) is 1.78. The van der Waals surface area contributed by atoms with Crippen LogP contribution in [0.25, 0.3) is 0 Å². The lowest BCUT2D eigenvalue weighted by Gasteiger charge is -2.33. The van der Waals surface area contributed by atoms with Crippen LogP contribution in [0.4, 0.5) is 0 Å². The third-order valence-electron chi connectivity index (χ3n) is 3.00. The van der Waals surface area contributed by atoms with E-state index in [1.807, 2.05) is 20.0 Å². The fourth-order valence-electron chi connectivity index (χ4n) is 1.49. The summed E-state index contributed by atoms with van der Waals surface area (Å²) in [7, 11) is 3.58. The highest BCUT2D eigenvalue weighted by molar-refractivity contribution is 5.11. The number of hydrogen-bond donors (Lipinski definition) is 1. The summed E-state index contributed by atoms with van der Waals surface area (Å²) in [5, 5.41) is 4.10. The number of aryl methyl sites for hydroxylation is 1. The van der Waals surface area contributed by atoms with Gasteiger partial charge in [-0.2, -0.15) is 5.10 Å². The second-order valence-corrected chi connectivity index (χ2v) is 3.73. The van der Waals surface area contributed by atoms with Crippen molar-refractivity contribution in [2.24, 2.45) is 12.8 Å². The zero-order valence-electron chi connectivity index (χ0n) is 9.32. The van der Waals surface area contributed by atoms with Crippen LogP contribution < -0.4 is 5.73 Å². The van der Waals surface area contributed by atoms with Crippen molar-refractivity contribution in [2.75, 3.05) is 7.11 Å². The van der Waals surface area contributed by atoms with E-state index in [0.717, 1.165) is 12.1 Å². The maximum absolute atomic E-state index is 6.15. The Morgan fingerprint density at radius 3 is 2.71 bits per heavy atom. The van der Waals surface area contributed by atoms with Crippen LogP contribution >= 0.6 is 0 Å². The SMILES string of the molecule is CCC(C)(OC)C(N)c1ccnn1C. The number of aromatic nitrogens is 2. The average Bonchev–Trinajstić information content (AvgIpc) is 2.62. The molecule has 80 valence electrons. The summed E-state index contributed by atoms with van der Waals surface area (Å²) in [6.45, 7) is 4.09. The molecule has 0 fully saturated rings. The van der Waals surface area contributed by atoms with E-state index in [2.05, 4.69) is 12.0 Å². The van der Waals surface area contributed by atoms with Gasteiger partial charge in [-0.1, -0.05) is 6.92 Å². The Balaban J connectivity index is 2.94. The first-order valence-corrected chi connectivity index (χ1v) is 4.83. The molecule has 2 unspecified atom stereocenters. The summed E-state index contributed by atoms with van der Waals surface area (Å²) in [4.78, 5) is 0. The lowest BCUT2D eigenvalue weighted by molar-refractivity contribution is -0.0213. The van der Waals surface area contributed by atoms with E-state index in [0.29, 0.717) is 0 Å². The fourth-order valence-corrected chi connectivity index (χ4v) is 1.49. The summed E-state index contributed by atoms with van der Waals surface area (Å²) in [5.41, 5.74) is 6.82. The lowest BCUT2D eigenvalue weighted by atomic mass is 9.91. The zero-order chi connectivity index (χ0) is 10.8. The molecule has 4 nitrogen and oxygen atoms in total. The predicted molar refractivity (Wildman–Crippen MR) is 55.8 cm³/mol. The van der Waals surface area contributed by atoms with Crippen molar-refractivity contribution in [3.05, 3.63) is 18.0 Å². The number of methoxy groups -OCH3 is 1. The molecule has 0 aromatic carbocycles. The molecule has 1 heterocycles. The van der Waals surface area contributed by atoms with E-state index in [1.54, 1.807) is 18.0 Å². The minimum Gasteiger partial charge on any atom is -0.376 e. The number of ether oxygens (including phenoxy) is 1. The van der Waals surface area contributed by atoms with Crippen LogP contribution in [0.5, 0.6) is 0 Å². The van der Waals surface area contributed by atoms with Gasteiger partial charge in [-0.3, -0.25) is 4.68 Å². The molecule has 1 aromatic heterocycles. The molecular weight excluding hydrogens is 178 g/mol. The highest BCUT2D eigenvalue weighted by Crippen LogP contribution is 2.28. The second-order valence-electron chi connectivity index (χ2n) is 3.73. The third kappa shape index (κ3) is 1.81. The molecule has 2 N–H and O–H groups in total. The molecule has 1 aromatic rings. The molecule has 0 bridgehead atoms. The van der Waals surface area contributed by atoms with Crippen LogP contribution in [0.15, 0.2) is 12.3 Å². The molecule has 4 heteroatoms. The van der Waals surface area contributed by atoms with Crippen LogP contribution in [0.2, 0.25) is 0 Å². The number of rotatable bonds is 4. The Morgan fingerprint density at radius 1 is 1.71 bits per heavy atom. The van der Waals surface area contributed by atoms with Crippen molar-refractivity contribution < 1.29 is 4.74 Å². The molecule has 14 heavy (non-hydrogen) atoms. The molecule has 0 amide bonds. The van der Waals surface area contributed by atoms with Gasteiger partial charge in [-0.05, 0) is 19.4 Å². The Labute approximate surface area is 85.0 Å². The van der Waals surface area contributed by atoms with E-state index in [4.69, 9.17) is 10.5 Å². The van der Waals surface area contributed by atoms with E-state index >= 15 is 0 Å². The molecule has 0 radical (unpaired) electrons. The van der Waals surface area contributed by atoms with Gasteiger partial charge >= 0.3 is 0 Å². The smallest absolute Gasteiger partial charge is 0.0855 e. The first-order valence-electron chi connectivity index (χ1n) is 4.83. The van der Waals surface area contributed by atoms with Crippen molar-refractivity contribution >= 4 is 0 Å². The summed E-state index contributed by atoms with van der Waals surface area (Å²) in [5.74, 6) is 0. The van der Waals surface area contributed by atoms with E-state index in [9.17, 15) is 0 Å². The van der Waals surface area contributed by atoms with Crippen molar-refractivity contribution in [3.63, 3.8) is 0 Å². The van der Waals surface area contributed by atoms with Gasteiger partial charge in [0.05, 0.1) is 17.3 Å². The third-order valence-corrected chi connectivity index (χ3v) is 3.00. The maximum atomic E-state index is 6.15. The molecule has 0 aliphatic heterocycles. The lowest BCUT2D eigenvalue weighted by Crippen LogP contribution is -2.40. The molecule has 2 atom stereocenters. The molecular formula is C10H19N3O. The van der Waals surface area contributed by atoms with Gasteiger partial charge in [0.2, 0.25) is 0 Å². The van der Waals surface area contributed by atoms with Gasteiger partial charge in [0.1, 0.15) is 0 Å². The van der Waals surface area contributed by atoms with Crippen molar-refractivity contribution in [1.82, 2.24) is 9.78 Å². The molecule has 0 saturated carbocycles. The quantitative estimate of drug-likeness (QED) is 0.790. The summed E-state index contributed by atoms with van der Waals surface area (Å²) < 4.78 is 7.25. The normalized spacial score (nSPS) is 17.8. The van der Waals surface area contributed by atoms with Crippen molar-refractivity contribution in [2.45, 2.75) is 31.9 Å². The van der Waals surface area contributed by atoms with Crippen molar-refractivity contribution in [3.8, 4) is 0 Å². The summed E-state index contributed by atoms with van der Waals surface area (Å²) in [6.07, 6.45) is 2.62. The van der Waals surface area contributed by atoms with Gasteiger partial charge in [0.25, 0.3) is 0 Å². The van der Waals surface area contributed by atoms with E-state index in [1.165, 1.54) is 0 Å². The number of nitrogens with zero attached hydrogens (tertiary/aromatic N) is 2. The van der Waals surface area contributed by atoms with Crippen molar-refractivity contribution in [1.29, 1.82) is 0 Å². The van der Waals surface area contributed by atoms with E-state index < -0.39 is 0 Å². The zero-order valence-corrected chi connectivity index (χ0v) is 9.32. The van der Waals surface area contributed by atoms with Crippen LogP contribution in [0.1, 0.15) is 32.0 Å². The fraction of sp³-hybridized carbons (Fsp3) is 0.700. The first kappa shape index (κ1) is 11.2. The highest BCUT2D eigenvalue weighted by Gasteiger charge is 2.32. The molecule has 0 saturated heterocycles. The molecule has 1 rings (SSSR count). The minimum atomic E-state index is -0.326. The largest absolute Gasteiger partial charge is 0.376 e. The van der Waals surface area contributed by atoms with Gasteiger partial charge in [-0.15, -0.1) is 0 Å².